The van der Waals surface area contributed by atoms with Crippen LogP contribution < -0.4 is 5.32 Å². The van der Waals surface area contributed by atoms with Gasteiger partial charge in [-0.05, 0) is 36.6 Å². The molecule has 1 aliphatic heterocycles. The van der Waals surface area contributed by atoms with Crippen molar-refractivity contribution >= 4 is 41.1 Å². The number of hydrogen-bond donors (Lipinski definition) is 1. The van der Waals surface area contributed by atoms with Gasteiger partial charge in [-0.25, -0.2) is 4.79 Å². The van der Waals surface area contributed by atoms with Crippen LogP contribution in [0, 0.1) is 11.8 Å². The van der Waals surface area contributed by atoms with E-state index in [0.29, 0.717) is 45.3 Å². The summed E-state index contributed by atoms with van der Waals surface area (Å²) in [6.07, 6.45) is 0.481. The summed E-state index contributed by atoms with van der Waals surface area (Å²) in [4.78, 5) is 39.2. The van der Waals surface area contributed by atoms with E-state index < -0.39 is 23.8 Å². The molecule has 0 radical (unpaired) electrons. The minimum atomic E-state index is -0.929. The summed E-state index contributed by atoms with van der Waals surface area (Å²) in [6, 6.07) is 7.13. The number of carbonyl (C=O) groups excluding carboxylic acids is 3. The molecule has 1 heterocycles. The maximum Gasteiger partial charge on any atom is 0.336 e. The Kier molecular flexibility index (Phi) is 8.06. The van der Waals surface area contributed by atoms with E-state index in [4.69, 9.17) is 21.1 Å². The second-order valence-corrected chi connectivity index (χ2v) is 9.69. The number of halogens is 1. The first-order chi connectivity index (χ1) is 15.3. The highest BCUT2D eigenvalue weighted by molar-refractivity contribution is 7.99. The molecule has 3 atom stereocenters. The van der Waals surface area contributed by atoms with Gasteiger partial charge in [0.05, 0.1) is 12.7 Å². The lowest BCUT2D eigenvalue weighted by Gasteiger charge is -2.38. The molecule has 0 saturated heterocycles. The Bertz CT molecular complexity index is 986. The molecule has 0 saturated carbocycles. The number of Topliss-reactive ketones (excluding diaryl/α,β-unsaturated/α-hetero) is 1. The van der Waals surface area contributed by atoms with Crippen LogP contribution in [0.3, 0.4) is 0 Å². The van der Waals surface area contributed by atoms with Crippen LogP contribution in [0.4, 0.5) is 0 Å². The van der Waals surface area contributed by atoms with Gasteiger partial charge in [0.1, 0.15) is 12.5 Å². The molecular formula is C24H28ClNO5S. The van der Waals surface area contributed by atoms with Gasteiger partial charge in [0.15, 0.2) is 5.78 Å². The Morgan fingerprint density at radius 1 is 1.28 bits per heavy atom. The number of ketones is 1. The third-order valence-electron chi connectivity index (χ3n) is 5.84. The van der Waals surface area contributed by atoms with Crippen molar-refractivity contribution in [2.45, 2.75) is 33.1 Å². The number of benzene rings is 1. The number of hydrogen-bond acceptors (Lipinski definition) is 7. The Morgan fingerprint density at radius 3 is 2.66 bits per heavy atom. The van der Waals surface area contributed by atoms with Crippen molar-refractivity contribution in [3.8, 4) is 0 Å². The van der Waals surface area contributed by atoms with Gasteiger partial charge in [0, 0.05) is 33.7 Å². The van der Waals surface area contributed by atoms with E-state index in [0.717, 1.165) is 5.75 Å². The summed E-state index contributed by atoms with van der Waals surface area (Å²) in [7, 11) is 1.28. The van der Waals surface area contributed by atoms with Crippen LogP contribution in [-0.2, 0) is 23.9 Å². The molecule has 1 aromatic carbocycles. The van der Waals surface area contributed by atoms with Gasteiger partial charge >= 0.3 is 11.9 Å². The van der Waals surface area contributed by atoms with Gasteiger partial charge in [-0.1, -0.05) is 43.6 Å². The number of nitrogens with one attached hydrogen (secondary N) is 1. The van der Waals surface area contributed by atoms with Crippen LogP contribution in [0.15, 0.2) is 46.8 Å². The Labute approximate surface area is 197 Å². The summed E-state index contributed by atoms with van der Waals surface area (Å²) >= 11 is 8.21. The monoisotopic (exact) mass is 477 g/mol. The van der Waals surface area contributed by atoms with Crippen molar-refractivity contribution in [2.75, 3.05) is 25.2 Å². The van der Waals surface area contributed by atoms with Crippen LogP contribution in [0.25, 0.3) is 0 Å². The van der Waals surface area contributed by atoms with Gasteiger partial charge in [0.25, 0.3) is 0 Å². The number of carbonyl (C=O) groups is 3. The fourth-order valence-corrected chi connectivity index (χ4v) is 5.12. The summed E-state index contributed by atoms with van der Waals surface area (Å²) in [5.74, 6) is -1.68. The molecule has 0 amide bonds. The maximum absolute atomic E-state index is 13.6. The van der Waals surface area contributed by atoms with E-state index in [1.165, 1.54) is 7.11 Å². The smallest absolute Gasteiger partial charge is 0.336 e. The quantitative estimate of drug-likeness (QED) is 0.357. The lowest BCUT2D eigenvalue weighted by atomic mass is 9.69. The van der Waals surface area contributed by atoms with E-state index >= 15 is 0 Å². The third-order valence-corrected chi connectivity index (χ3v) is 7.05. The van der Waals surface area contributed by atoms with Crippen molar-refractivity contribution < 1.29 is 23.9 Å². The molecule has 3 rings (SSSR count). The number of esters is 2. The van der Waals surface area contributed by atoms with Gasteiger partial charge in [-0.2, -0.15) is 11.8 Å². The predicted octanol–water partition coefficient (Wildman–Crippen LogP) is 4.25. The zero-order valence-corrected chi connectivity index (χ0v) is 20.3. The highest BCUT2D eigenvalue weighted by Gasteiger charge is 2.47. The first-order valence-corrected chi connectivity index (χ1v) is 12.2. The number of rotatable bonds is 7. The SMILES string of the molecule is CCSCCOC(=O)C1=C(C)NC2=C(C(=O)C(C(=O)OC)C(C)C2)C1c1ccccc1Cl. The molecule has 1 aromatic rings. The molecule has 0 spiro atoms. The van der Waals surface area contributed by atoms with Crippen LogP contribution in [0.2, 0.25) is 5.02 Å². The van der Waals surface area contributed by atoms with E-state index in [2.05, 4.69) is 5.32 Å². The molecule has 0 fully saturated rings. The zero-order chi connectivity index (χ0) is 23.4. The van der Waals surface area contributed by atoms with Crippen molar-refractivity contribution in [3.63, 3.8) is 0 Å². The lowest BCUT2D eigenvalue weighted by molar-refractivity contribution is -0.151. The lowest BCUT2D eigenvalue weighted by Crippen LogP contribution is -2.43. The predicted molar refractivity (Wildman–Crippen MR) is 125 cm³/mol. The minimum Gasteiger partial charge on any atom is -0.468 e. The average molecular weight is 478 g/mol. The van der Waals surface area contributed by atoms with Gasteiger partial charge < -0.3 is 14.8 Å². The normalized spacial score (nSPS) is 22.9. The van der Waals surface area contributed by atoms with Crippen LogP contribution in [-0.4, -0.2) is 42.9 Å². The van der Waals surface area contributed by atoms with Crippen molar-refractivity contribution in [2.24, 2.45) is 11.8 Å². The molecule has 0 aromatic heterocycles. The molecule has 0 bridgehead atoms. The second-order valence-electron chi connectivity index (χ2n) is 7.89. The largest absolute Gasteiger partial charge is 0.468 e. The van der Waals surface area contributed by atoms with Crippen molar-refractivity contribution in [1.29, 1.82) is 0 Å². The van der Waals surface area contributed by atoms with E-state index in [1.807, 2.05) is 19.9 Å². The maximum atomic E-state index is 13.6. The molecular weight excluding hydrogens is 450 g/mol. The Morgan fingerprint density at radius 2 is 2.00 bits per heavy atom. The Hall–Kier alpha value is -2.25. The topological polar surface area (TPSA) is 81.7 Å². The number of dihydropyridines is 1. The fourth-order valence-electron chi connectivity index (χ4n) is 4.39. The summed E-state index contributed by atoms with van der Waals surface area (Å²) in [5.41, 5.74) is 2.68. The van der Waals surface area contributed by atoms with Crippen molar-refractivity contribution in [3.05, 3.63) is 57.4 Å². The second kappa shape index (κ2) is 10.6. The van der Waals surface area contributed by atoms with E-state index in [9.17, 15) is 14.4 Å². The first kappa shape index (κ1) is 24.4. The molecule has 1 aliphatic carbocycles. The van der Waals surface area contributed by atoms with Gasteiger partial charge in [-0.15, -0.1) is 0 Å². The molecule has 2 aliphatic rings. The fraction of sp³-hybridized carbons (Fsp3) is 0.458. The highest BCUT2D eigenvalue weighted by Crippen LogP contribution is 2.46. The summed E-state index contributed by atoms with van der Waals surface area (Å²) in [6.45, 7) is 5.96. The Balaban J connectivity index is 2.09. The standard InChI is InChI=1S/C24H28ClNO5S/c1-5-32-11-10-31-24(29)19-14(3)26-17-12-13(2)18(23(28)30-4)22(27)21(17)20(19)15-8-6-7-9-16(15)25/h6-9,13,18,20,26H,5,10-12H2,1-4H3. The molecule has 3 unspecified atom stereocenters. The van der Waals surface area contributed by atoms with E-state index in [-0.39, 0.29) is 18.3 Å². The van der Waals surface area contributed by atoms with E-state index in [1.54, 1.807) is 36.9 Å². The molecule has 1 N–H and O–H groups in total. The van der Waals surface area contributed by atoms with Crippen LogP contribution in [0.5, 0.6) is 0 Å². The number of ether oxygens (including phenoxy) is 2. The molecule has 6 nitrogen and oxygen atoms in total. The van der Waals surface area contributed by atoms with Gasteiger partial charge in [0.2, 0.25) is 0 Å². The average Bonchev–Trinajstić information content (AvgIpc) is 2.75. The first-order valence-electron chi connectivity index (χ1n) is 10.6. The zero-order valence-electron chi connectivity index (χ0n) is 18.7. The molecule has 172 valence electrons. The number of thioether (sulfide) groups is 1. The van der Waals surface area contributed by atoms with Crippen molar-refractivity contribution in [1.82, 2.24) is 5.32 Å². The summed E-state index contributed by atoms with van der Waals surface area (Å²) in [5, 5.41) is 3.68. The molecule has 8 heteroatoms. The van der Waals surface area contributed by atoms with Crippen LogP contribution in [0.1, 0.15) is 38.7 Å². The summed E-state index contributed by atoms with van der Waals surface area (Å²) < 4.78 is 10.5. The number of methoxy groups -OCH3 is 1. The minimum absolute atomic E-state index is 0.236. The number of allylic oxidation sites excluding steroid dienone is 3. The highest BCUT2D eigenvalue weighted by atomic mass is 35.5. The van der Waals surface area contributed by atoms with Gasteiger partial charge in [-0.3, -0.25) is 9.59 Å². The molecule has 32 heavy (non-hydrogen) atoms. The third kappa shape index (κ3) is 4.74. The van der Waals surface area contributed by atoms with Crippen LogP contribution >= 0.6 is 23.4 Å².